The van der Waals surface area contributed by atoms with Crippen molar-refractivity contribution in [2.24, 2.45) is 11.7 Å². The molecule has 2 nitrogen and oxygen atoms in total. The molecule has 3 atom stereocenters. The first kappa shape index (κ1) is 7.56. The number of nitrogens with two attached hydrogens (primary N) is 1. The molecule has 2 fully saturated rings. The van der Waals surface area contributed by atoms with Gasteiger partial charge in [0.1, 0.15) is 0 Å². The summed E-state index contributed by atoms with van der Waals surface area (Å²) < 4.78 is 0. The summed E-state index contributed by atoms with van der Waals surface area (Å²) in [5, 5.41) is 0. The van der Waals surface area contributed by atoms with Crippen molar-refractivity contribution in [2.45, 2.75) is 37.8 Å². The smallest absolute Gasteiger partial charge is 0.0222 e. The predicted molar refractivity (Wildman–Crippen MR) is 46.4 cm³/mol. The molecular formula is C9H18N2. The van der Waals surface area contributed by atoms with Crippen LogP contribution >= 0.6 is 0 Å². The SMILES string of the molecule is CC[C@]12C[C@H](CN1C)[C@H](N)C2. The van der Waals surface area contributed by atoms with Gasteiger partial charge in [-0.15, -0.1) is 0 Å². The van der Waals surface area contributed by atoms with Crippen LogP contribution in [0.4, 0.5) is 0 Å². The summed E-state index contributed by atoms with van der Waals surface area (Å²) in [7, 11) is 2.25. The molecular weight excluding hydrogens is 136 g/mol. The second kappa shape index (κ2) is 2.20. The first-order chi connectivity index (χ1) is 5.18. The van der Waals surface area contributed by atoms with Gasteiger partial charge in [0.2, 0.25) is 0 Å². The number of piperidine rings is 1. The van der Waals surface area contributed by atoms with Crippen LogP contribution in [0.5, 0.6) is 0 Å². The molecule has 0 unspecified atom stereocenters. The van der Waals surface area contributed by atoms with Gasteiger partial charge in [0.25, 0.3) is 0 Å². The lowest BCUT2D eigenvalue weighted by molar-refractivity contribution is 0.136. The van der Waals surface area contributed by atoms with E-state index in [1.807, 2.05) is 0 Å². The minimum absolute atomic E-state index is 0.490. The first-order valence-electron chi connectivity index (χ1n) is 4.65. The molecule has 2 bridgehead atoms. The molecule has 0 aromatic carbocycles. The number of hydrogen-bond donors (Lipinski definition) is 1. The molecule has 1 aliphatic carbocycles. The van der Waals surface area contributed by atoms with Gasteiger partial charge in [-0.1, -0.05) is 6.92 Å². The zero-order valence-corrected chi connectivity index (χ0v) is 7.51. The van der Waals surface area contributed by atoms with Crippen LogP contribution in [0.25, 0.3) is 0 Å². The Morgan fingerprint density at radius 3 is 2.64 bits per heavy atom. The van der Waals surface area contributed by atoms with Crippen molar-refractivity contribution in [3.8, 4) is 0 Å². The number of hydrogen-bond acceptors (Lipinski definition) is 2. The average molecular weight is 154 g/mol. The Kier molecular flexibility index (Phi) is 1.52. The summed E-state index contributed by atoms with van der Waals surface area (Å²) in [6.07, 6.45) is 3.85. The lowest BCUT2D eigenvalue weighted by Crippen LogP contribution is -2.46. The van der Waals surface area contributed by atoms with E-state index in [4.69, 9.17) is 5.73 Å². The fourth-order valence-electron chi connectivity index (χ4n) is 2.94. The van der Waals surface area contributed by atoms with E-state index in [1.54, 1.807) is 0 Å². The number of fused-ring (bicyclic) bond motifs is 2. The summed E-state index contributed by atoms with van der Waals surface area (Å²) in [4.78, 5) is 2.51. The van der Waals surface area contributed by atoms with Gasteiger partial charge in [0.15, 0.2) is 0 Å². The molecule has 1 saturated heterocycles. The van der Waals surface area contributed by atoms with Crippen molar-refractivity contribution in [1.29, 1.82) is 0 Å². The molecule has 0 aromatic rings. The van der Waals surface area contributed by atoms with Crippen molar-refractivity contribution >= 4 is 0 Å². The predicted octanol–water partition coefficient (Wildman–Crippen LogP) is 0.818. The van der Waals surface area contributed by atoms with Gasteiger partial charge in [0.05, 0.1) is 0 Å². The third kappa shape index (κ3) is 0.859. The maximum atomic E-state index is 6.02. The van der Waals surface area contributed by atoms with E-state index >= 15 is 0 Å². The number of nitrogens with zero attached hydrogens (tertiary/aromatic N) is 1. The maximum absolute atomic E-state index is 6.02. The second-order valence-electron chi connectivity index (χ2n) is 4.29. The highest BCUT2D eigenvalue weighted by Gasteiger charge is 2.51. The van der Waals surface area contributed by atoms with Crippen LogP contribution in [-0.2, 0) is 0 Å². The van der Waals surface area contributed by atoms with E-state index in [-0.39, 0.29) is 0 Å². The maximum Gasteiger partial charge on any atom is 0.0222 e. The van der Waals surface area contributed by atoms with Crippen LogP contribution in [0.3, 0.4) is 0 Å². The standard InChI is InChI=1S/C9H18N2/c1-3-9-4-7(6-11(9)2)8(10)5-9/h7-8H,3-6,10H2,1-2H3/t7-,8-,9-/m1/s1. The summed E-state index contributed by atoms with van der Waals surface area (Å²) in [6, 6.07) is 0.492. The Balaban J connectivity index is 2.20. The third-order valence-corrected chi connectivity index (χ3v) is 3.84. The highest BCUT2D eigenvalue weighted by atomic mass is 15.2. The minimum Gasteiger partial charge on any atom is -0.327 e. The lowest BCUT2D eigenvalue weighted by atomic mass is 9.93. The molecule has 0 amide bonds. The molecule has 2 rings (SSSR count). The van der Waals surface area contributed by atoms with E-state index in [0.717, 1.165) is 5.92 Å². The number of rotatable bonds is 1. The molecule has 2 N–H and O–H groups in total. The zero-order chi connectivity index (χ0) is 8.06. The van der Waals surface area contributed by atoms with Gasteiger partial charge in [-0.3, -0.25) is 0 Å². The minimum atomic E-state index is 0.490. The van der Waals surface area contributed by atoms with Gasteiger partial charge in [-0.2, -0.15) is 0 Å². The summed E-state index contributed by atoms with van der Waals surface area (Å²) >= 11 is 0. The number of likely N-dealkylation sites (tertiary alicyclic amines) is 1. The van der Waals surface area contributed by atoms with Gasteiger partial charge in [-0.25, -0.2) is 0 Å². The van der Waals surface area contributed by atoms with Crippen molar-refractivity contribution in [3.63, 3.8) is 0 Å². The van der Waals surface area contributed by atoms with Gasteiger partial charge >= 0.3 is 0 Å². The quantitative estimate of drug-likeness (QED) is 0.606. The van der Waals surface area contributed by atoms with E-state index < -0.39 is 0 Å². The molecule has 0 spiro atoms. The molecule has 0 radical (unpaired) electrons. The van der Waals surface area contributed by atoms with Crippen molar-refractivity contribution in [3.05, 3.63) is 0 Å². The summed E-state index contributed by atoms with van der Waals surface area (Å²) in [6.45, 7) is 3.52. The third-order valence-electron chi connectivity index (χ3n) is 3.84. The van der Waals surface area contributed by atoms with Crippen LogP contribution < -0.4 is 5.73 Å². The van der Waals surface area contributed by atoms with Crippen LogP contribution in [0.1, 0.15) is 26.2 Å². The van der Waals surface area contributed by atoms with Crippen molar-refractivity contribution < 1.29 is 0 Å². The van der Waals surface area contributed by atoms with E-state index in [2.05, 4.69) is 18.9 Å². The van der Waals surface area contributed by atoms with E-state index in [9.17, 15) is 0 Å². The average Bonchev–Trinajstić information content (AvgIpc) is 2.43. The Morgan fingerprint density at radius 1 is 1.55 bits per heavy atom. The molecule has 2 heteroatoms. The lowest BCUT2D eigenvalue weighted by Gasteiger charge is -2.37. The van der Waals surface area contributed by atoms with E-state index in [0.29, 0.717) is 11.6 Å². The van der Waals surface area contributed by atoms with Crippen LogP contribution in [0, 0.1) is 5.92 Å². The van der Waals surface area contributed by atoms with Crippen LogP contribution in [-0.4, -0.2) is 30.1 Å². The Morgan fingerprint density at radius 2 is 2.27 bits per heavy atom. The molecule has 1 aliphatic heterocycles. The van der Waals surface area contributed by atoms with Gasteiger partial charge in [0, 0.05) is 18.1 Å². The Hall–Kier alpha value is -0.0800. The highest BCUT2D eigenvalue weighted by Crippen LogP contribution is 2.46. The topological polar surface area (TPSA) is 29.3 Å². The van der Waals surface area contributed by atoms with Crippen LogP contribution in [0.15, 0.2) is 0 Å². The van der Waals surface area contributed by atoms with Crippen molar-refractivity contribution in [1.82, 2.24) is 4.90 Å². The largest absolute Gasteiger partial charge is 0.327 e. The zero-order valence-electron chi connectivity index (χ0n) is 7.51. The fraction of sp³-hybridized carbons (Fsp3) is 1.00. The molecule has 64 valence electrons. The monoisotopic (exact) mass is 154 g/mol. The summed E-state index contributed by atoms with van der Waals surface area (Å²) in [5.41, 5.74) is 6.51. The van der Waals surface area contributed by atoms with E-state index in [1.165, 1.54) is 25.8 Å². The normalized spacial score (nSPS) is 50.5. The molecule has 2 aliphatic rings. The fourth-order valence-corrected chi connectivity index (χ4v) is 2.94. The highest BCUT2D eigenvalue weighted by molar-refractivity contribution is 5.08. The van der Waals surface area contributed by atoms with Crippen LogP contribution in [0.2, 0.25) is 0 Å². The molecule has 1 heterocycles. The first-order valence-corrected chi connectivity index (χ1v) is 4.65. The molecule has 11 heavy (non-hydrogen) atoms. The Bertz CT molecular complexity index is 165. The second-order valence-corrected chi connectivity index (χ2v) is 4.29. The van der Waals surface area contributed by atoms with Gasteiger partial charge < -0.3 is 10.6 Å². The van der Waals surface area contributed by atoms with Gasteiger partial charge in [-0.05, 0) is 32.2 Å². The van der Waals surface area contributed by atoms with Crippen molar-refractivity contribution in [2.75, 3.05) is 13.6 Å². The summed E-state index contributed by atoms with van der Waals surface area (Å²) in [5.74, 6) is 0.792. The molecule has 0 aromatic heterocycles. The Labute approximate surface area is 68.7 Å². The molecule has 1 saturated carbocycles.